The van der Waals surface area contributed by atoms with Crippen LogP contribution in [0.1, 0.15) is 30.6 Å². The molecular weight excluding hydrogens is 243 g/mol. The van der Waals surface area contributed by atoms with Crippen LogP contribution >= 0.6 is 0 Å². The van der Waals surface area contributed by atoms with E-state index in [4.69, 9.17) is 4.74 Å². The molecule has 1 atom stereocenters. The fourth-order valence-electron chi connectivity index (χ4n) is 1.88. The molecule has 2 aromatic carbocycles. The van der Waals surface area contributed by atoms with Gasteiger partial charge in [-0.25, -0.2) is 4.39 Å². The van der Waals surface area contributed by atoms with Gasteiger partial charge in [0.05, 0.1) is 6.10 Å². The van der Waals surface area contributed by atoms with Gasteiger partial charge in [-0.15, -0.1) is 0 Å². The summed E-state index contributed by atoms with van der Waals surface area (Å²) >= 11 is 0. The van der Waals surface area contributed by atoms with Crippen LogP contribution in [0.4, 0.5) is 4.39 Å². The van der Waals surface area contributed by atoms with Gasteiger partial charge in [0.15, 0.2) is 0 Å². The largest absolute Gasteiger partial charge is 0.488 e. The van der Waals surface area contributed by atoms with Crippen molar-refractivity contribution < 1.29 is 14.2 Å². The molecule has 100 valence electrons. The zero-order valence-electron chi connectivity index (χ0n) is 10.8. The first kappa shape index (κ1) is 13.6. The Hall–Kier alpha value is -1.87. The number of hydrogen-bond donors (Lipinski definition) is 1. The first-order valence-corrected chi connectivity index (χ1v) is 6.35. The van der Waals surface area contributed by atoms with Crippen molar-refractivity contribution in [3.05, 3.63) is 65.5 Å². The number of aliphatic hydroxyl groups is 1. The summed E-state index contributed by atoms with van der Waals surface area (Å²) in [5.74, 6) is 0.316. The highest BCUT2D eigenvalue weighted by atomic mass is 19.1. The molecule has 0 aromatic heterocycles. The molecule has 0 aliphatic heterocycles. The lowest BCUT2D eigenvalue weighted by Crippen LogP contribution is -2.03. The molecule has 0 spiro atoms. The molecule has 0 saturated heterocycles. The summed E-state index contributed by atoms with van der Waals surface area (Å²) in [4.78, 5) is 0. The van der Waals surface area contributed by atoms with E-state index in [1.54, 1.807) is 24.3 Å². The van der Waals surface area contributed by atoms with Gasteiger partial charge >= 0.3 is 0 Å². The Morgan fingerprint density at radius 1 is 1.11 bits per heavy atom. The predicted molar refractivity (Wildman–Crippen MR) is 72.4 cm³/mol. The van der Waals surface area contributed by atoms with Crippen LogP contribution in [0.2, 0.25) is 0 Å². The molecule has 0 aliphatic rings. The summed E-state index contributed by atoms with van der Waals surface area (Å²) in [7, 11) is 0. The standard InChI is InChI=1S/C16H17FO2/c1-2-15(18)13-8-4-6-10-16(13)19-11-12-7-3-5-9-14(12)17/h3-10,15,18H,2,11H2,1H3/t15-/m0/s1. The maximum Gasteiger partial charge on any atom is 0.129 e. The normalized spacial score (nSPS) is 12.2. The lowest BCUT2D eigenvalue weighted by atomic mass is 10.1. The molecule has 1 N–H and O–H groups in total. The van der Waals surface area contributed by atoms with Crippen LogP contribution in [0.5, 0.6) is 5.75 Å². The van der Waals surface area contributed by atoms with Crippen LogP contribution in [-0.2, 0) is 6.61 Å². The van der Waals surface area contributed by atoms with Gasteiger partial charge in [-0.1, -0.05) is 43.3 Å². The van der Waals surface area contributed by atoms with Crippen LogP contribution in [-0.4, -0.2) is 5.11 Å². The number of para-hydroxylation sites is 1. The van der Waals surface area contributed by atoms with Gasteiger partial charge < -0.3 is 9.84 Å². The summed E-state index contributed by atoms with van der Waals surface area (Å²) in [6.07, 6.45) is 0.0527. The van der Waals surface area contributed by atoms with Gasteiger partial charge in [-0.3, -0.25) is 0 Å². The van der Waals surface area contributed by atoms with Crippen molar-refractivity contribution in [2.75, 3.05) is 0 Å². The second-order valence-corrected chi connectivity index (χ2v) is 4.34. The Bertz CT molecular complexity index is 540. The summed E-state index contributed by atoms with van der Waals surface area (Å²) in [5.41, 5.74) is 1.24. The highest BCUT2D eigenvalue weighted by Crippen LogP contribution is 2.27. The Morgan fingerprint density at radius 2 is 1.79 bits per heavy atom. The minimum Gasteiger partial charge on any atom is -0.488 e. The molecule has 0 unspecified atom stereocenters. The Labute approximate surface area is 112 Å². The highest BCUT2D eigenvalue weighted by Gasteiger charge is 2.11. The molecule has 0 bridgehead atoms. The monoisotopic (exact) mass is 260 g/mol. The van der Waals surface area contributed by atoms with Crippen molar-refractivity contribution in [1.82, 2.24) is 0 Å². The first-order chi connectivity index (χ1) is 9.22. The number of hydrogen-bond acceptors (Lipinski definition) is 2. The van der Waals surface area contributed by atoms with Gasteiger partial charge in [-0.05, 0) is 18.6 Å². The number of ether oxygens (including phenoxy) is 1. The molecule has 0 aliphatic carbocycles. The van der Waals surface area contributed by atoms with E-state index in [1.165, 1.54) is 6.07 Å². The molecule has 2 nitrogen and oxygen atoms in total. The van der Waals surface area contributed by atoms with E-state index in [0.717, 1.165) is 5.56 Å². The maximum absolute atomic E-state index is 13.5. The van der Waals surface area contributed by atoms with Crippen molar-refractivity contribution in [2.24, 2.45) is 0 Å². The van der Waals surface area contributed by atoms with E-state index >= 15 is 0 Å². The third-order valence-corrected chi connectivity index (χ3v) is 3.01. The number of aliphatic hydroxyl groups excluding tert-OH is 1. The minimum absolute atomic E-state index is 0.153. The SMILES string of the molecule is CC[C@H](O)c1ccccc1OCc1ccccc1F. The van der Waals surface area contributed by atoms with Gasteiger partial charge in [0.25, 0.3) is 0 Å². The highest BCUT2D eigenvalue weighted by molar-refractivity contribution is 5.35. The second-order valence-electron chi connectivity index (χ2n) is 4.34. The smallest absolute Gasteiger partial charge is 0.129 e. The molecule has 2 aromatic rings. The minimum atomic E-state index is -0.558. The molecule has 0 fully saturated rings. The summed E-state index contributed by atoms with van der Waals surface area (Å²) in [6, 6.07) is 13.8. The van der Waals surface area contributed by atoms with E-state index in [9.17, 15) is 9.50 Å². The zero-order chi connectivity index (χ0) is 13.7. The third kappa shape index (κ3) is 3.32. The lowest BCUT2D eigenvalue weighted by molar-refractivity contribution is 0.166. The molecule has 0 saturated carbocycles. The Kier molecular flexibility index (Phi) is 4.53. The van der Waals surface area contributed by atoms with E-state index < -0.39 is 6.10 Å². The lowest BCUT2D eigenvalue weighted by Gasteiger charge is -2.15. The summed E-state index contributed by atoms with van der Waals surface area (Å²) < 4.78 is 19.1. The van der Waals surface area contributed by atoms with Crippen LogP contribution in [0.3, 0.4) is 0 Å². The first-order valence-electron chi connectivity index (χ1n) is 6.35. The molecular formula is C16H17FO2. The van der Waals surface area contributed by atoms with E-state index in [2.05, 4.69) is 0 Å². The van der Waals surface area contributed by atoms with Gasteiger partial charge in [-0.2, -0.15) is 0 Å². The van der Waals surface area contributed by atoms with Crippen LogP contribution in [0, 0.1) is 5.82 Å². The van der Waals surface area contributed by atoms with E-state index in [1.807, 2.05) is 25.1 Å². The Morgan fingerprint density at radius 3 is 2.53 bits per heavy atom. The second kappa shape index (κ2) is 6.34. The fourth-order valence-corrected chi connectivity index (χ4v) is 1.88. The van der Waals surface area contributed by atoms with Gasteiger partial charge in [0.2, 0.25) is 0 Å². The van der Waals surface area contributed by atoms with E-state index in [-0.39, 0.29) is 12.4 Å². The van der Waals surface area contributed by atoms with Gasteiger partial charge in [0.1, 0.15) is 18.2 Å². The van der Waals surface area contributed by atoms with E-state index in [0.29, 0.717) is 17.7 Å². The van der Waals surface area contributed by atoms with Crippen molar-refractivity contribution in [2.45, 2.75) is 26.1 Å². The zero-order valence-corrected chi connectivity index (χ0v) is 10.8. The van der Waals surface area contributed by atoms with Crippen molar-refractivity contribution in [3.8, 4) is 5.75 Å². The maximum atomic E-state index is 13.5. The molecule has 0 heterocycles. The summed E-state index contributed by atoms with van der Waals surface area (Å²) in [6.45, 7) is 2.05. The molecule has 0 amide bonds. The number of rotatable bonds is 5. The average molecular weight is 260 g/mol. The molecule has 0 radical (unpaired) electrons. The quantitative estimate of drug-likeness (QED) is 0.884. The van der Waals surface area contributed by atoms with Crippen molar-refractivity contribution >= 4 is 0 Å². The predicted octanol–water partition coefficient (Wildman–Crippen LogP) is 3.85. The summed E-state index contributed by atoms with van der Waals surface area (Å²) in [5, 5.41) is 9.91. The van der Waals surface area contributed by atoms with Crippen LogP contribution in [0.25, 0.3) is 0 Å². The average Bonchev–Trinajstić information content (AvgIpc) is 2.46. The molecule has 3 heteroatoms. The number of benzene rings is 2. The van der Waals surface area contributed by atoms with Crippen molar-refractivity contribution in [3.63, 3.8) is 0 Å². The molecule has 19 heavy (non-hydrogen) atoms. The number of halogens is 1. The van der Waals surface area contributed by atoms with Gasteiger partial charge in [0, 0.05) is 11.1 Å². The van der Waals surface area contributed by atoms with Crippen molar-refractivity contribution in [1.29, 1.82) is 0 Å². The fraction of sp³-hybridized carbons (Fsp3) is 0.250. The Balaban J connectivity index is 2.14. The molecule has 2 rings (SSSR count). The third-order valence-electron chi connectivity index (χ3n) is 3.01. The topological polar surface area (TPSA) is 29.5 Å². The van der Waals surface area contributed by atoms with Crippen LogP contribution in [0.15, 0.2) is 48.5 Å². The van der Waals surface area contributed by atoms with Crippen LogP contribution < -0.4 is 4.74 Å².